The summed E-state index contributed by atoms with van der Waals surface area (Å²) in [5.74, 6) is 0.688. The van der Waals surface area contributed by atoms with E-state index in [0.717, 1.165) is 105 Å². The van der Waals surface area contributed by atoms with E-state index in [4.69, 9.17) is 17.7 Å². The summed E-state index contributed by atoms with van der Waals surface area (Å²) in [6, 6.07) is 165. The van der Waals surface area contributed by atoms with E-state index in [1.165, 1.54) is 194 Å². The second-order valence-corrected chi connectivity index (χ2v) is 40.1. The molecule has 4 nitrogen and oxygen atoms in total. The van der Waals surface area contributed by atoms with Crippen molar-refractivity contribution in [2.75, 3.05) is 0 Å². The molecule has 6 aromatic heterocycles. The minimum atomic E-state index is 0.688. The quantitative estimate of drug-likeness (QED) is 0.137. The van der Waals surface area contributed by atoms with Gasteiger partial charge in [-0.05, 0) is 161 Å². The summed E-state index contributed by atoms with van der Waals surface area (Å²) in [5, 5.41) is 15.0. The summed E-state index contributed by atoms with van der Waals surface area (Å²) in [6.07, 6.45) is 6.75. The largest absolute Gasteiger partial charge is 0.455 e. The van der Waals surface area contributed by atoms with Gasteiger partial charge in [-0.25, -0.2) is 0 Å². The van der Waals surface area contributed by atoms with Crippen molar-refractivity contribution in [3.63, 3.8) is 0 Å². The SMILES string of the molecule is Cc1ccc(-c2cccc3c2oc2c(-c4ccccc4)cccc23)cc1.Cc1ccc(-c2cccc3c2sc2c(-c4ccccc4)cccc23)cc1.Cc1cccc(-c2cccc3c2oc2c(-c4ccccc4)cccc23)c1.Cc1cccc2c1oc1c(C3CCCCC3)cccc12.Cc1ccccc1-c1cccc2c1oc1c(-c3ccccc3)cccc12.Cc1ccccc1-c1cccc2sc3ccccc3c12. The fourth-order valence-electron chi connectivity index (χ4n) is 21.3. The van der Waals surface area contributed by atoms with Crippen LogP contribution in [0.2, 0.25) is 0 Å². The third-order valence-electron chi connectivity index (χ3n) is 28.6. The zero-order valence-corrected chi connectivity index (χ0v) is 83.2. The van der Waals surface area contributed by atoms with Crippen LogP contribution in [0.3, 0.4) is 0 Å². The lowest BCUT2D eigenvalue weighted by atomic mass is 9.83. The highest BCUT2D eigenvalue weighted by molar-refractivity contribution is 7.27. The Morgan fingerprint density at radius 2 is 0.472 bits per heavy atom. The van der Waals surface area contributed by atoms with E-state index in [2.05, 4.69) is 490 Å². The molecule has 144 heavy (non-hydrogen) atoms. The highest BCUT2D eigenvalue weighted by Gasteiger charge is 2.25. The molecular weight excluding hydrogens is 1790 g/mol. The zero-order chi connectivity index (χ0) is 97.1. The number of aryl methyl sites for hydroxylation is 6. The molecule has 0 amide bonds. The maximum atomic E-state index is 6.48. The van der Waals surface area contributed by atoms with E-state index in [9.17, 15) is 0 Å². The summed E-state index contributed by atoms with van der Waals surface area (Å²) in [5.41, 5.74) is 38.8. The van der Waals surface area contributed by atoms with Crippen LogP contribution in [0.5, 0.6) is 0 Å². The molecule has 1 saturated carbocycles. The van der Waals surface area contributed by atoms with Crippen LogP contribution in [0, 0.1) is 41.5 Å². The Bertz CT molecular complexity index is 9150. The van der Waals surface area contributed by atoms with Gasteiger partial charge in [-0.15, -0.1) is 22.7 Å². The Morgan fingerprint density at radius 3 is 0.931 bits per heavy atom. The zero-order valence-electron chi connectivity index (χ0n) is 81.5. The van der Waals surface area contributed by atoms with E-state index in [1.54, 1.807) is 0 Å². The first-order valence-electron chi connectivity index (χ1n) is 50.1. The molecule has 0 bridgehead atoms. The Morgan fingerprint density at radius 1 is 0.181 bits per heavy atom. The van der Waals surface area contributed by atoms with Gasteiger partial charge in [0.2, 0.25) is 0 Å². The van der Waals surface area contributed by atoms with Gasteiger partial charge in [-0.2, -0.15) is 0 Å². The Hall–Kier alpha value is -16.7. The van der Waals surface area contributed by atoms with Gasteiger partial charge in [-0.1, -0.05) is 491 Å². The normalized spacial score (nSPS) is 12.1. The number of fused-ring (bicyclic) bond motifs is 18. The van der Waals surface area contributed by atoms with Crippen LogP contribution in [-0.2, 0) is 0 Å². The molecule has 0 saturated heterocycles. The Kier molecular flexibility index (Phi) is 25.6. The van der Waals surface area contributed by atoms with Gasteiger partial charge in [0, 0.05) is 117 Å². The van der Waals surface area contributed by atoms with Gasteiger partial charge in [-0.3, -0.25) is 0 Å². The van der Waals surface area contributed by atoms with Crippen LogP contribution in [-0.4, -0.2) is 0 Å². The molecule has 27 aromatic rings. The number of para-hydroxylation sites is 8. The molecular formula is C138H106O4S2. The predicted molar refractivity (Wildman–Crippen MR) is 617 cm³/mol. The predicted octanol–water partition coefficient (Wildman–Crippen LogP) is 41.4. The van der Waals surface area contributed by atoms with Crippen molar-refractivity contribution in [2.24, 2.45) is 0 Å². The summed E-state index contributed by atoms with van der Waals surface area (Å²) >= 11 is 3.79. The van der Waals surface area contributed by atoms with Crippen molar-refractivity contribution in [3.05, 3.63) is 506 Å². The van der Waals surface area contributed by atoms with E-state index < -0.39 is 0 Å². The summed E-state index contributed by atoms with van der Waals surface area (Å²) in [4.78, 5) is 0. The smallest absolute Gasteiger partial charge is 0.143 e. The fourth-order valence-corrected chi connectivity index (χ4v) is 23.8. The van der Waals surface area contributed by atoms with Crippen LogP contribution in [0.15, 0.2) is 485 Å². The summed E-state index contributed by atoms with van der Waals surface area (Å²) < 4.78 is 31.1. The van der Waals surface area contributed by atoms with Crippen LogP contribution < -0.4 is 0 Å². The topological polar surface area (TPSA) is 52.6 Å². The minimum absolute atomic E-state index is 0.688. The molecule has 21 aromatic carbocycles. The molecule has 28 rings (SSSR count). The highest BCUT2D eigenvalue weighted by atomic mass is 32.1. The van der Waals surface area contributed by atoms with Gasteiger partial charge in [0.1, 0.15) is 44.7 Å². The van der Waals surface area contributed by atoms with Crippen LogP contribution in [0.25, 0.3) is 228 Å². The lowest BCUT2D eigenvalue weighted by Crippen LogP contribution is -2.04. The van der Waals surface area contributed by atoms with Crippen LogP contribution in [0.1, 0.15) is 77.0 Å². The van der Waals surface area contributed by atoms with Gasteiger partial charge < -0.3 is 17.7 Å². The van der Waals surface area contributed by atoms with Gasteiger partial charge in [0.05, 0.1) is 0 Å². The molecule has 0 spiro atoms. The van der Waals surface area contributed by atoms with Crippen molar-refractivity contribution in [2.45, 2.75) is 79.6 Å². The fraction of sp³-hybridized carbons (Fsp3) is 0.0870. The highest BCUT2D eigenvalue weighted by Crippen LogP contribution is 2.49. The summed E-state index contributed by atoms with van der Waals surface area (Å²) in [7, 11) is 0. The van der Waals surface area contributed by atoms with Crippen molar-refractivity contribution in [1.29, 1.82) is 0 Å². The molecule has 0 atom stereocenters. The second-order valence-electron chi connectivity index (χ2n) is 38.0. The molecule has 0 aliphatic heterocycles. The lowest BCUT2D eigenvalue weighted by Gasteiger charge is -2.21. The van der Waals surface area contributed by atoms with Crippen molar-refractivity contribution in [1.82, 2.24) is 0 Å². The number of hydrogen-bond donors (Lipinski definition) is 0. The van der Waals surface area contributed by atoms with Gasteiger partial charge in [0.15, 0.2) is 0 Å². The average Bonchev–Trinajstić information content (AvgIpc) is 1.54. The second kappa shape index (κ2) is 40.5. The molecule has 0 unspecified atom stereocenters. The van der Waals surface area contributed by atoms with Crippen LogP contribution >= 0.6 is 22.7 Å². The van der Waals surface area contributed by atoms with Gasteiger partial charge >= 0.3 is 0 Å². The molecule has 0 radical (unpaired) electrons. The number of thiophene rings is 2. The van der Waals surface area contributed by atoms with Gasteiger partial charge in [0.25, 0.3) is 0 Å². The maximum Gasteiger partial charge on any atom is 0.143 e. The van der Waals surface area contributed by atoms with E-state index in [0.29, 0.717) is 5.92 Å². The molecule has 6 heteroatoms. The van der Waals surface area contributed by atoms with E-state index >= 15 is 0 Å². The third-order valence-corrected chi connectivity index (χ3v) is 31.0. The number of hydrogen-bond acceptors (Lipinski definition) is 6. The average molecular weight is 1890 g/mol. The number of furan rings is 4. The maximum absolute atomic E-state index is 6.48. The minimum Gasteiger partial charge on any atom is -0.455 e. The molecule has 694 valence electrons. The molecule has 1 aliphatic carbocycles. The van der Waals surface area contributed by atoms with Crippen molar-refractivity contribution >= 4 is 151 Å². The monoisotopic (exact) mass is 1890 g/mol. The first kappa shape index (κ1) is 91.1. The molecule has 1 aliphatic rings. The van der Waals surface area contributed by atoms with E-state index in [-0.39, 0.29) is 0 Å². The number of benzene rings is 21. The third kappa shape index (κ3) is 17.9. The van der Waals surface area contributed by atoms with Crippen LogP contribution in [0.4, 0.5) is 0 Å². The lowest BCUT2D eigenvalue weighted by molar-refractivity contribution is 0.442. The first-order valence-corrected chi connectivity index (χ1v) is 51.7. The first-order chi connectivity index (χ1) is 70.9. The van der Waals surface area contributed by atoms with Crippen molar-refractivity contribution in [3.8, 4) is 100 Å². The Balaban J connectivity index is 0.0000000960. The standard InChI is InChI=1S/3C25H18O.C25H18S.C19H20O.C19H14S/c1-17-8-5-11-19(16-17)21-13-7-15-23-22-14-6-12-20(24(22)26-25(21)23)18-9-3-2-4-10-18;1-17-13-15-19(16-14-17)21-10-6-12-23-22-11-5-9-20(24(22)26-25(21)23)18-7-3-2-4-8-18;1-17-9-5-6-12-19(17)21-14-8-16-23-22-15-7-13-20(24(22)26-25(21)23)18-10-3-2-4-11-18;1-17-13-15-19(16-14-17)21-10-6-12-23-22-11-5-9-20(24(22)26-25(21)23)18-7-3-2-4-8-18;1-13-7-5-11-16-17-12-6-10-15(19(17)20-18(13)16)14-8-3-2-4-9-14;1-13-7-2-3-8-14(13)15-10-6-12-18-19(15)16-9-4-5-11-17(16)20-18/h4*2-16H,1H3;5-7,10-12,14H,2-4,8-9H2,1H3;2-12H,1H3. The molecule has 1 fully saturated rings. The van der Waals surface area contributed by atoms with E-state index in [1.807, 2.05) is 40.9 Å². The van der Waals surface area contributed by atoms with Crippen molar-refractivity contribution < 1.29 is 17.7 Å². The molecule has 6 heterocycles. The summed E-state index contributed by atoms with van der Waals surface area (Å²) in [6.45, 7) is 12.8. The number of rotatable bonds is 10. The molecule has 0 N–H and O–H groups in total. The Labute approximate surface area is 847 Å².